The average molecular weight is 178 g/mol. The first-order valence-corrected chi connectivity index (χ1v) is 4.15. The molecule has 0 amide bonds. The van der Waals surface area contributed by atoms with Gasteiger partial charge in [0.1, 0.15) is 0 Å². The molecule has 0 spiro atoms. The van der Waals surface area contributed by atoms with Gasteiger partial charge in [0.05, 0.1) is 7.11 Å². The lowest BCUT2D eigenvalue weighted by atomic mass is 10.2. The Morgan fingerprint density at radius 3 is 3.00 bits per heavy atom. The second-order valence-electron chi connectivity index (χ2n) is 2.35. The van der Waals surface area contributed by atoms with Gasteiger partial charge in [0, 0.05) is 12.3 Å². The Morgan fingerprint density at radius 2 is 2.38 bits per heavy atom. The molecule has 0 aliphatic carbocycles. The first-order valence-electron chi connectivity index (χ1n) is 4.15. The predicted molar refractivity (Wildman–Crippen MR) is 53.0 cm³/mol. The lowest BCUT2D eigenvalue weighted by Gasteiger charge is -1.87. The minimum atomic E-state index is -0.471. The summed E-state index contributed by atoms with van der Waals surface area (Å²) in [5.41, 5.74) is 0. The molecule has 0 aromatic carbocycles. The highest BCUT2D eigenvalue weighted by Crippen LogP contribution is 1.94. The summed E-state index contributed by atoms with van der Waals surface area (Å²) in [6.45, 7) is 3.55. The fourth-order valence-electron chi connectivity index (χ4n) is 0.686. The third-order valence-corrected chi connectivity index (χ3v) is 1.32. The van der Waals surface area contributed by atoms with Gasteiger partial charge in [0.25, 0.3) is 0 Å². The van der Waals surface area contributed by atoms with E-state index in [1.807, 2.05) is 12.2 Å². The maximum atomic E-state index is 10.5. The van der Waals surface area contributed by atoms with Gasteiger partial charge in [0.2, 0.25) is 0 Å². The van der Waals surface area contributed by atoms with Crippen LogP contribution in [0.3, 0.4) is 0 Å². The Kier molecular flexibility index (Phi) is 7.62. The molecule has 0 N–H and O–H groups in total. The third-order valence-electron chi connectivity index (χ3n) is 1.32. The summed E-state index contributed by atoms with van der Waals surface area (Å²) in [6, 6.07) is 0. The summed E-state index contributed by atoms with van der Waals surface area (Å²) in [5.74, 6) is 4.63. The summed E-state index contributed by atoms with van der Waals surface area (Å²) >= 11 is 0. The van der Waals surface area contributed by atoms with Crippen molar-refractivity contribution in [3.8, 4) is 11.8 Å². The first kappa shape index (κ1) is 11.5. The van der Waals surface area contributed by atoms with Crippen LogP contribution in [0.1, 0.15) is 19.3 Å². The lowest BCUT2D eigenvalue weighted by Crippen LogP contribution is -1.93. The zero-order chi connectivity index (χ0) is 9.94. The molecule has 0 bridgehead atoms. The molecule has 0 aromatic heterocycles. The second kappa shape index (κ2) is 8.61. The molecule has 0 heterocycles. The zero-order valence-corrected chi connectivity index (χ0v) is 7.88. The summed E-state index contributed by atoms with van der Waals surface area (Å²) < 4.78 is 4.36. The SMILES string of the molecule is C=C/C=C/CCCC#CC(=O)OC. The molecule has 0 radical (unpaired) electrons. The molecule has 0 unspecified atom stereocenters. The van der Waals surface area contributed by atoms with Crippen molar-refractivity contribution in [3.05, 3.63) is 24.8 Å². The minimum Gasteiger partial charge on any atom is -0.459 e. The van der Waals surface area contributed by atoms with Crippen molar-refractivity contribution in [2.45, 2.75) is 19.3 Å². The highest BCUT2D eigenvalue weighted by molar-refractivity contribution is 5.88. The van der Waals surface area contributed by atoms with Gasteiger partial charge in [-0.25, -0.2) is 4.79 Å². The van der Waals surface area contributed by atoms with Gasteiger partial charge >= 0.3 is 5.97 Å². The lowest BCUT2D eigenvalue weighted by molar-refractivity contribution is -0.133. The van der Waals surface area contributed by atoms with Crippen LogP contribution in [-0.4, -0.2) is 13.1 Å². The van der Waals surface area contributed by atoms with Crippen molar-refractivity contribution in [1.82, 2.24) is 0 Å². The smallest absolute Gasteiger partial charge is 0.384 e. The van der Waals surface area contributed by atoms with Gasteiger partial charge in [-0.3, -0.25) is 0 Å². The van der Waals surface area contributed by atoms with Gasteiger partial charge in [-0.05, 0) is 12.8 Å². The van der Waals surface area contributed by atoms with Crippen molar-refractivity contribution < 1.29 is 9.53 Å². The van der Waals surface area contributed by atoms with E-state index < -0.39 is 5.97 Å². The van der Waals surface area contributed by atoms with E-state index in [0.29, 0.717) is 0 Å². The Hall–Kier alpha value is -1.49. The summed E-state index contributed by atoms with van der Waals surface area (Å²) in [6.07, 6.45) is 8.29. The van der Waals surface area contributed by atoms with Gasteiger partial charge in [-0.2, -0.15) is 0 Å². The van der Waals surface area contributed by atoms with Crippen LogP contribution in [0.5, 0.6) is 0 Å². The number of unbranched alkanes of at least 4 members (excludes halogenated alkanes) is 2. The second-order valence-corrected chi connectivity index (χ2v) is 2.35. The zero-order valence-electron chi connectivity index (χ0n) is 7.88. The van der Waals surface area contributed by atoms with E-state index in [1.165, 1.54) is 7.11 Å². The van der Waals surface area contributed by atoms with Crippen LogP contribution in [0.15, 0.2) is 24.8 Å². The predicted octanol–water partition coefficient (Wildman–Crippen LogP) is 2.08. The number of methoxy groups -OCH3 is 1. The maximum absolute atomic E-state index is 10.5. The molecule has 70 valence electrons. The van der Waals surface area contributed by atoms with Crippen LogP contribution >= 0.6 is 0 Å². The molecule has 0 aliphatic rings. The number of esters is 1. The van der Waals surface area contributed by atoms with Gasteiger partial charge in [0.15, 0.2) is 0 Å². The summed E-state index contributed by atoms with van der Waals surface area (Å²) in [5, 5.41) is 0. The molecule has 13 heavy (non-hydrogen) atoms. The first-order chi connectivity index (χ1) is 6.31. The van der Waals surface area contributed by atoms with Crippen LogP contribution < -0.4 is 0 Å². The van der Waals surface area contributed by atoms with Crippen molar-refractivity contribution in [1.29, 1.82) is 0 Å². The monoisotopic (exact) mass is 178 g/mol. The van der Waals surface area contributed by atoms with Crippen molar-refractivity contribution in [2.24, 2.45) is 0 Å². The highest BCUT2D eigenvalue weighted by Gasteiger charge is 1.87. The van der Waals surface area contributed by atoms with E-state index >= 15 is 0 Å². The largest absolute Gasteiger partial charge is 0.459 e. The van der Waals surface area contributed by atoms with Gasteiger partial charge in [-0.15, -0.1) is 0 Å². The Bertz CT molecular complexity index is 241. The Labute approximate surface area is 79.3 Å². The van der Waals surface area contributed by atoms with Crippen LogP contribution in [0, 0.1) is 11.8 Å². The number of ether oxygens (including phenoxy) is 1. The van der Waals surface area contributed by atoms with Crippen LogP contribution in [0.2, 0.25) is 0 Å². The number of allylic oxidation sites excluding steroid dienone is 3. The Morgan fingerprint density at radius 1 is 1.62 bits per heavy atom. The highest BCUT2D eigenvalue weighted by atomic mass is 16.5. The molecule has 0 aromatic rings. The number of carbonyl (C=O) groups excluding carboxylic acids is 1. The standard InChI is InChI=1S/C11H14O2/c1-3-4-5-6-7-8-9-10-11(12)13-2/h3-5H,1,6-8H2,2H3/b5-4+. The summed E-state index contributed by atoms with van der Waals surface area (Å²) in [7, 11) is 1.32. The van der Waals surface area contributed by atoms with E-state index in [1.54, 1.807) is 6.08 Å². The maximum Gasteiger partial charge on any atom is 0.384 e. The van der Waals surface area contributed by atoms with Crippen molar-refractivity contribution in [2.75, 3.05) is 7.11 Å². The van der Waals surface area contributed by atoms with E-state index in [0.717, 1.165) is 19.3 Å². The van der Waals surface area contributed by atoms with Gasteiger partial charge in [-0.1, -0.05) is 30.7 Å². The molecule has 0 saturated heterocycles. The Balaban J connectivity index is 3.43. The van der Waals surface area contributed by atoms with Crippen molar-refractivity contribution >= 4 is 5.97 Å². The van der Waals surface area contributed by atoms with Crippen LogP contribution in [0.4, 0.5) is 0 Å². The molecule has 2 nitrogen and oxygen atoms in total. The molecular weight excluding hydrogens is 164 g/mol. The van der Waals surface area contributed by atoms with E-state index in [-0.39, 0.29) is 0 Å². The molecule has 0 fully saturated rings. The van der Waals surface area contributed by atoms with E-state index in [2.05, 4.69) is 23.2 Å². The number of rotatable bonds is 4. The number of hydrogen-bond donors (Lipinski definition) is 0. The molecule has 0 rings (SSSR count). The summed E-state index contributed by atoms with van der Waals surface area (Å²) in [4.78, 5) is 10.5. The van der Waals surface area contributed by atoms with Crippen LogP contribution in [-0.2, 0) is 9.53 Å². The van der Waals surface area contributed by atoms with Crippen molar-refractivity contribution in [3.63, 3.8) is 0 Å². The van der Waals surface area contributed by atoms with E-state index in [4.69, 9.17) is 0 Å². The van der Waals surface area contributed by atoms with Gasteiger partial charge < -0.3 is 4.74 Å². The van der Waals surface area contributed by atoms with E-state index in [9.17, 15) is 4.79 Å². The fraction of sp³-hybridized carbons (Fsp3) is 0.364. The fourth-order valence-corrected chi connectivity index (χ4v) is 0.686. The average Bonchev–Trinajstić information content (AvgIpc) is 2.16. The molecule has 2 heteroatoms. The molecule has 0 aliphatic heterocycles. The quantitative estimate of drug-likeness (QED) is 0.216. The molecule has 0 saturated carbocycles. The normalized spacial score (nSPS) is 9.00. The number of carbonyl (C=O) groups is 1. The number of hydrogen-bond acceptors (Lipinski definition) is 2. The molecule has 0 atom stereocenters. The minimum absolute atomic E-state index is 0.471. The topological polar surface area (TPSA) is 26.3 Å². The van der Waals surface area contributed by atoms with Crippen LogP contribution in [0.25, 0.3) is 0 Å². The third kappa shape index (κ3) is 8.42. The molecular formula is C11H14O2.